The quantitative estimate of drug-likeness (QED) is 0.345. The summed E-state index contributed by atoms with van der Waals surface area (Å²) in [6.07, 6.45) is 1.96. The molecular weight excluding hydrogens is 378 g/mol. The summed E-state index contributed by atoms with van der Waals surface area (Å²) in [6, 6.07) is 21.2. The van der Waals surface area contributed by atoms with Crippen LogP contribution in [0.3, 0.4) is 0 Å². The van der Waals surface area contributed by atoms with Gasteiger partial charge < -0.3 is 0 Å². The van der Waals surface area contributed by atoms with E-state index in [9.17, 15) is 0 Å². The Bertz CT molecular complexity index is 979. The predicted molar refractivity (Wildman–Crippen MR) is 126 cm³/mol. The Hall–Kier alpha value is -1.97. The van der Waals surface area contributed by atoms with Crippen LogP contribution in [0.25, 0.3) is 0 Å². The third kappa shape index (κ3) is 4.89. The minimum atomic E-state index is 0.00547. The number of rotatable bonds is 4. The molecule has 0 aromatic heterocycles. The first-order valence-electron chi connectivity index (χ1n) is 9.46. The van der Waals surface area contributed by atoms with Crippen LogP contribution < -0.4 is 0 Å². The lowest BCUT2D eigenvalue weighted by Gasteiger charge is -2.23. The van der Waals surface area contributed by atoms with Crippen molar-refractivity contribution in [2.24, 2.45) is 4.99 Å². The molecule has 0 saturated carbocycles. The van der Waals surface area contributed by atoms with Gasteiger partial charge in [0.25, 0.3) is 0 Å². The van der Waals surface area contributed by atoms with E-state index in [1.807, 2.05) is 12.3 Å². The molecule has 28 heavy (non-hydrogen) atoms. The number of hydrogen-bond donors (Lipinski definition) is 1. The molecule has 0 aliphatic carbocycles. The largest absolute Gasteiger partial charge is 0.256 e. The van der Waals surface area contributed by atoms with Crippen LogP contribution in [0.15, 0.2) is 80.3 Å². The molecule has 144 valence electrons. The molecule has 0 radical (unpaired) electrons. The normalized spacial score (nSPS) is 11.9. The highest BCUT2D eigenvalue weighted by molar-refractivity contribution is 7.99. The fourth-order valence-corrected chi connectivity index (χ4v) is 4.58. The van der Waals surface area contributed by atoms with Gasteiger partial charge >= 0.3 is 0 Å². The van der Waals surface area contributed by atoms with Crippen molar-refractivity contribution in [1.82, 2.24) is 0 Å². The predicted octanol–water partition coefficient (Wildman–Crippen LogP) is 7.79. The summed E-state index contributed by atoms with van der Waals surface area (Å²) >= 11 is 6.65. The van der Waals surface area contributed by atoms with Gasteiger partial charge in [0.1, 0.15) is 0 Å². The molecule has 3 heteroatoms. The van der Waals surface area contributed by atoms with E-state index in [0.717, 1.165) is 16.1 Å². The number of para-hydroxylation sites is 1. The van der Waals surface area contributed by atoms with Gasteiger partial charge in [-0.25, -0.2) is 0 Å². The van der Waals surface area contributed by atoms with E-state index >= 15 is 0 Å². The number of benzene rings is 3. The zero-order chi connectivity index (χ0) is 20.3. The second kappa shape index (κ2) is 8.59. The maximum absolute atomic E-state index is 4.88. The molecule has 0 aliphatic rings. The topological polar surface area (TPSA) is 12.4 Å². The van der Waals surface area contributed by atoms with Gasteiger partial charge in [-0.1, -0.05) is 68.9 Å². The molecule has 0 fully saturated rings. The summed E-state index contributed by atoms with van der Waals surface area (Å²) < 4.78 is 0. The van der Waals surface area contributed by atoms with E-state index in [-0.39, 0.29) is 5.41 Å². The third-order valence-electron chi connectivity index (χ3n) is 4.67. The number of nitrogens with zero attached hydrogens (tertiary/aromatic N) is 1. The van der Waals surface area contributed by atoms with Crippen molar-refractivity contribution in [3.63, 3.8) is 0 Å². The van der Waals surface area contributed by atoms with Crippen molar-refractivity contribution >= 4 is 36.3 Å². The van der Waals surface area contributed by atoms with Gasteiger partial charge in [0.15, 0.2) is 0 Å². The van der Waals surface area contributed by atoms with Crippen molar-refractivity contribution in [2.45, 2.75) is 54.7 Å². The zero-order valence-electron chi connectivity index (χ0n) is 17.2. The smallest absolute Gasteiger partial charge is 0.0688 e. The van der Waals surface area contributed by atoms with E-state index in [4.69, 9.17) is 17.6 Å². The molecule has 0 amide bonds. The van der Waals surface area contributed by atoms with Crippen LogP contribution >= 0.6 is 24.4 Å². The SMILES string of the molecule is Cc1cccc(C)c1N=Cc1cc(Sc2ccccc2)cc(C(C)(C)C)c1S. The fraction of sp³-hybridized carbons (Fsp3) is 0.240. The average Bonchev–Trinajstić information content (AvgIpc) is 2.63. The summed E-state index contributed by atoms with van der Waals surface area (Å²) in [6.45, 7) is 10.9. The molecular formula is C25H27NS2. The summed E-state index contributed by atoms with van der Waals surface area (Å²) in [5.41, 5.74) is 5.70. The maximum atomic E-state index is 4.88. The van der Waals surface area contributed by atoms with Crippen LogP contribution in [0, 0.1) is 13.8 Å². The standard InChI is InChI=1S/C25H27NS2/c1-17-10-9-11-18(2)23(17)26-16-19-14-21(28-20-12-7-6-8-13-20)15-22(24(19)27)25(3,4)5/h6-16,27H,1-5H3. The van der Waals surface area contributed by atoms with Gasteiger partial charge in [-0.2, -0.15) is 0 Å². The van der Waals surface area contributed by atoms with E-state index in [1.165, 1.54) is 26.5 Å². The Kier molecular flexibility index (Phi) is 6.36. The number of thiol groups is 1. The highest BCUT2D eigenvalue weighted by atomic mass is 32.2. The molecule has 0 bridgehead atoms. The lowest BCUT2D eigenvalue weighted by Crippen LogP contribution is -2.13. The Labute approximate surface area is 178 Å². The van der Waals surface area contributed by atoms with Crippen molar-refractivity contribution < 1.29 is 0 Å². The van der Waals surface area contributed by atoms with Crippen molar-refractivity contribution in [1.29, 1.82) is 0 Å². The minimum absolute atomic E-state index is 0.00547. The molecule has 0 spiro atoms. The summed E-state index contributed by atoms with van der Waals surface area (Å²) in [7, 11) is 0. The van der Waals surface area contributed by atoms with E-state index in [0.29, 0.717) is 0 Å². The molecule has 0 unspecified atom stereocenters. The van der Waals surface area contributed by atoms with Gasteiger partial charge in [-0.15, -0.1) is 12.6 Å². The number of hydrogen-bond acceptors (Lipinski definition) is 3. The second-order valence-corrected chi connectivity index (χ2v) is 9.67. The van der Waals surface area contributed by atoms with Crippen LogP contribution in [0.5, 0.6) is 0 Å². The van der Waals surface area contributed by atoms with Crippen molar-refractivity contribution in [3.8, 4) is 0 Å². The minimum Gasteiger partial charge on any atom is -0.256 e. The van der Waals surface area contributed by atoms with E-state index in [2.05, 4.69) is 89.2 Å². The summed E-state index contributed by atoms with van der Waals surface area (Å²) in [5.74, 6) is 0. The summed E-state index contributed by atoms with van der Waals surface area (Å²) in [4.78, 5) is 8.26. The van der Waals surface area contributed by atoms with Gasteiger partial charge in [-0.05, 0) is 60.2 Å². The maximum Gasteiger partial charge on any atom is 0.0688 e. The molecule has 1 nitrogen and oxygen atoms in total. The first kappa shape index (κ1) is 20.8. The Balaban J connectivity index is 2.06. The highest BCUT2D eigenvalue weighted by Crippen LogP contribution is 2.37. The molecule has 0 atom stereocenters. The molecule has 0 heterocycles. The van der Waals surface area contributed by atoms with Gasteiger partial charge in [0.05, 0.1) is 5.69 Å². The van der Waals surface area contributed by atoms with E-state index < -0.39 is 0 Å². The Morgan fingerprint density at radius 1 is 0.857 bits per heavy atom. The summed E-state index contributed by atoms with van der Waals surface area (Å²) in [5, 5.41) is 0. The van der Waals surface area contributed by atoms with E-state index in [1.54, 1.807) is 11.8 Å². The van der Waals surface area contributed by atoms with Crippen LogP contribution in [-0.2, 0) is 5.41 Å². The lowest BCUT2D eigenvalue weighted by molar-refractivity contribution is 0.576. The molecule has 3 rings (SSSR count). The van der Waals surface area contributed by atoms with Crippen LogP contribution in [0.1, 0.15) is 43.0 Å². The van der Waals surface area contributed by atoms with Gasteiger partial charge in [-0.3, -0.25) is 4.99 Å². The monoisotopic (exact) mass is 405 g/mol. The van der Waals surface area contributed by atoms with Gasteiger partial charge in [0, 0.05) is 26.5 Å². The lowest BCUT2D eigenvalue weighted by atomic mass is 9.86. The van der Waals surface area contributed by atoms with Crippen molar-refractivity contribution in [3.05, 3.63) is 82.9 Å². The first-order valence-corrected chi connectivity index (χ1v) is 10.7. The molecule has 0 saturated heterocycles. The molecule has 3 aromatic rings. The van der Waals surface area contributed by atoms with Crippen LogP contribution in [0.4, 0.5) is 5.69 Å². The fourth-order valence-electron chi connectivity index (χ4n) is 3.13. The van der Waals surface area contributed by atoms with Crippen LogP contribution in [0.2, 0.25) is 0 Å². The third-order valence-corrected chi connectivity index (χ3v) is 6.15. The highest BCUT2D eigenvalue weighted by Gasteiger charge is 2.20. The number of aryl methyl sites for hydroxylation is 2. The van der Waals surface area contributed by atoms with Crippen molar-refractivity contribution in [2.75, 3.05) is 0 Å². The molecule has 0 N–H and O–H groups in total. The average molecular weight is 406 g/mol. The zero-order valence-corrected chi connectivity index (χ0v) is 18.9. The Morgan fingerprint density at radius 3 is 2.11 bits per heavy atom. The molecule has 3 aromatic carbocycles. The number of aliphatic imine (C=N–C) groups is 1. The molecule has 0 aliphatic heterocycles. The second-order valence-electron chi connectivity index (χ2n) is 8.07. The first-order chi connectivity index (χ1) is 13.3. The van der Waals surface area contributed by atoms with Crippen LogP contribution in [-0.4, -0.2) is 6.21 Å². The van der Waals surface area contributed by atoms with Gasteiger partial charge in [0.2, 0.25) is 0 Å². The Morgan fingerprint density at radius 2 is 1.50 bits per heavy atom.